The molecule has 2 amide bonds. The lowest BCUT2D eigenvalue weighted by molar-refractivity contribution is -0.153. The molecule has 5 heteroatoms. The van der Waals surface area contributed by atoms with Gasteiger partial charge in [-0.25, -0.2) is 0 Å². The number of aryl methyl sites for hydroxylation is 1. The molecule has 1 aromatic carbocycles. The predicted octanol–water partition coefficient (Wildman–Crippen LogP) is 0.828. The largest absolute Gasteiger partial charge is 0.330 e. The number of benzene rings is 1. The summed E-state index contributed by atoms with van der Waals surface area (Å²) in [5.74, 6) is 0.101. The maximum absolute atomic E-state index is 12.5. The molecule has 2 unspecified atom stereocenters. The molecule has 2 aliphatic rings. The zero-order chi connectivity index (χ0) is 15.0. The highest BCUT2D eigenvalue weighted by molar-refractivity contribution is 5.95. The molecular formula is C16H21N3O2. The first-order valence-corrected chi connectivity index (χ1v) is 7.46. The lowest BCUT2D eigenvalue weighted by Crippen LogP contribution is -2.58. The van der Waals surface area contributed by atoms with Crippen molar-refractivity contribution in [3.63, 3.8) is 0 Å². The van der Waals surface area contributed by atoms with Gasteiger partial charge < -0.3 is 15.5 Å². The van der Waals surface area contributed by atoms with Crippen LogP contribution in [0.2, 0.25) is 0 Å². The summed E-state index contributed by atoms with van der Waals surface area (Å²) < 4.78 is 0. The number of hydrogen-bond acceptors (Lipinski definition) is 3. The second-order valence-electron chi connectivity index (χ2n) is 5.98. The second kappa shape index (κ2) is 5.48. The van der Waals surface area contributed by atoms with Crippen molar-refractivity contribution in [3.05, 3.63) is 35.4 Å². The summed E-state index contributed by atoms with van der Waals surface area (Å²) in [6.07, 6.45) is 1.70. The van der Waals surface area contributed by atoms with Gasteiger partial charge in [-0.2, -0.15) is 0 Å². The molecule has 21 heavy (non-hydrogen) atoms. The monoisotopic (exact) mass is 287 g/mol. The van der Waals surface area contributed by atoms with Gasteiger partial charge in [0.05, 0.1) is 6.54 Å². The van der Waals surface area contributed by atoms with Crippen molar-refractivity contribution in [1.29, 1.82) is 0 Å². The Bertz CT molecular complexity index is 572. The number of hydrogen-bond donors (Lipinski definition) is 1. The van der Waals surface area contributed by atoms with Crippen molar-refractivity contribution in [1.82, 2.24) is 9.80 Å². The van der Waals surface area contributed by atoms with Crippen molar-refractivity contribution < 1.29 is 9.59 Å². The van der Waals surface area contributed by atoms with Crippen molar-refractivity contribution in [2.24, 2.45) is 5.73 Å². The third-order valence-corrected chi connectivity index (χ3v) is 4.38. The van der Waals surface area contributed by atoms with E-state index in [0.29, 0.717) is 13.1 Å². The number of piperazine rings is 1. The van der Waals surface area contributed by atoms with Crippen LogP contribution in [0.4, 0.5) is 0 Å². The van der Waals surface area contributed by atoms with Gasteiger partial charge in [0.25, 0.3) is 0 Å². The van der Waals surface area contributed by atoms with Gasteiger partial charge in [0, 0.05) is 19.1 Å². The van der Waals surface area contributed by atoms with E-state index in [9.17, 15) is 9.59 Å². The van der Waals surface area contributed by atoms with Crippen LogP contribution >= 0.6 is 0 Å². The van der Waals surface area contributed by atoms with Gasteiger partial charge in [-0.15, -0.1) is 0 Å². The Kier molecular flexibility index (Phi) is 3.68. The summed E-state index contributed by atoms with van der Waals surface area (Å²) in [5, 5.41) is 0. The van der Waals surface area contributed by atoms with Gasteiger partial charge in [0.1, 0.15) is 6.04 Å². The fourth-order valence-electron chi connectivity index (χ4n) is 3.26. The summed E-state index contributed by atoms with van der Waals surface area (Å²) in [7, 11) is 0. The Hall–Kier alpha value is -1.88. The highest BCUT2D eigenvalue weighted by atomic mass is 16.2. The maximum atomic E-state index is 12.5. The summed E-state index contributed by atoms with van der Waals surface area (Å²) in [6.45, 7) is 3.29. The van der Waals surface area contributed by atoms with Crippen LogP contribution in [0.25, 0.3) is 0 Å². The van der Waals surface area contributed by atoms with E-state index < -0.39 is 0 Å². The molecule has 1 aromatic rings. The van der Waals surface area contributed by atoms with Crippen LogP contribution in [0, 0.1) is 6.92 Å². The van der Waals surface area contributed by atoms with E-state index in [-0.39, 0.29) is 30.4 Å². The molecule has 112 valence electrons. The van der Waals surface area contributed by atoms with Gasteiger partial charge >= 0.3 is 0 Å². The first-order valence-electron chi connectivity index (χ1n) is 7.46. The molecule has 0 saturated carbocycles. The maximum Gasteiger partial charge on any atom is 0.245 e. The third kappa shape index (κ3) is 2.65. The number of amides is 2. The number of fused-ring (bicyclic) bond motifs is 1. The highest BCUT2D eigenvalue weighted by Gasteiger charge is 2.42. The van der Waals surface area contributed by atoms with E-state index in [4.69, 9.17) is 5.73 Å². The minimum atomic E-state index is -0.255. The van der Waals surface area contributed by atoms with E-state index in [1.807, 2.05) is 31.2 Å². The van der Waals surface area contributed by atoms with Gasteiger partial charge in [0.15, 0.2) is 0 Å². The Morgan fingerprint density at radius 2 is 2.19 bits per heavy atom. The number of nitrogens with two attached hydrogens (primary N) is 1. The minimum Gasteiger partial charge on any atom is -0.330 e. The van der Waals surface area contributed by atoms with Crippen LogP contribution in [-0.4, -0.2) is 47.3 Å². The molecule has 0 spiro atoms. The van der Waals surface area contributed by atoms with Crippen LogP contribution in [-0.2, 0) is 9.59 Å². The predicted molar refractivity (Wildman–Crippen MR) is 79.4 cm³/mol. The number of carbonyl (C=O) groups is 2. The fraction of sp³-hybridized carbons (Fsp3) is 0.500. The average molecular weight is 287 g/mol. The Labute approximate surface area is 124 Å². The van der Waals surface area contributed by atoms with Crippen molar-refractivity contribution in [2.45, 2.75) is 31.8 Å². The van der Waals surface area contributed by atoms with Gasteiger partial charge in [-0.05, 0) is 25.3 Å². The minimum absolute atomic E-state index is 0.0496. The molecular weight excluding hydrogens is 266 g/mol. The highest BCUT2D eigenvalue weighted by Crippen LogP contribution is 2.25. The molecule has 0 bridgehead atoms. The van der Waals surface area contributed by atoms with Gasteiger partial charge in [-0.1, -0.05) is 29.8 Å². The molecule has 2 saturated heterocycles. The topological polar surface area (TPSA) is 66.6 Å². The zero-order valence-electron chi connectivity index (χ0n) is 12.3. The average Bonchev–Trinajstić information content (AvgIpc) is 2.94. The van der Waals surface area contributed by atoms with E-state index in [2.05, 4.69) is 0 Å². The Balaban J connectivity index is 1.72. The van der Waals surface area contributed by atoms with Gasteiger partial charge in [0.2, 0.25) is 11.8 Å². The number of nitrogens with zero attached hydrogens (tertiary/aromatic N) is 2. The molecule has 0 aliphatic carbocycles. The van der Waals surface area contributed by atoms with Crippen molar-refractivity contribution in [3.8, 4) is 0 Å². The smallest absolute Gasteiger partial charge is 0.245 e. The van der Waals surface area contributed by atoms with Crippen molar-refractivity contribution in [2.75, 3.05) is 19.6 Å². The normalized spacial score (nSPS) is 23.4. The van der Waals surface area contributed by atoms with Crippen LogP contribution < -0.4 is 5.73 Å². The number of carbonyl (C=O) groups excluding carboxylic acids is 2. The molecule has 2 N–H and O–H groups in total. The molecule has 0 aromatic heterocycles. The van der Waals surface area contributed by atoms with Crippen LogP contribution in [0.15, 0.2) is 24.3 Å². The summed E-state index contributed by atoms with van der Waals surface area (Å²) in [6, 6.07) is 7.47. The second-order valence-corrected chi connectivity index (χ2v) is 5.98. The van der Waals surface area contributed by atoms with Crippen LogP contribution in [0.1, 0.15) is 30.0 Å². The SMILES string of the molecule is Cc1cccc(C(N)CN2CC(=O)N3CCCC3C2=O)c1. The van der Waals surface area contributed by atoms with Crippen LogP contribution in [0.5, 0.6) is 0 Å². The van der Waals surface area contributed by atoms with Gasteiger partial charge in [-0.3, -0.25) is 9.59 Å². The Morgan fingerprint density at radius 3 is 2.95 bits per heavy atom. The molecule has 5 nitrogen and oxygen atoms in total. The molecule has 2 heterocycles. The molecule has 2 atom stereocenters. The van der Waals surface area contributed by atoms with E-state index >= 15 is 0 Å². The molecule has 0 radical (unpaired) electrons. The summed E-state index contributed by atoms with van der Waals surface area (Å²) in [4.78, 5) is 27.9. The quantitative estimate of drug-likeness (QED) is 0.895. The Morgan fingerprint density at radius 1 is 1.38 bits per heavy atom. The lowest BCUT2D eigenvalue weighted by atomic mass is 10.0. The standard InChI is InChI=1S/C16H21N3O2/c1-11-4-2-5-12(8-11)13(17)9-18-10-15(20)19-7-3-6-14(19)16(18)21/h2,4-5,8,13-14H,3,6-7,9-10,17H2,1H3. The van der Waals surface area contributed by atoms with Crippen molar-refractivity contribution >= 4 is 11.8 Å². The van der Waals surface area contributed by atoms with E-state index in [0.717, 1.165) is 24.0 Å². The van der Waals surface area contributed by atoms with E-state index in [1.54, 1.807) is 9.80 Å². The number of rotatable bonds is 3. The summed E-state index contributed by atoms with van der Waals surface area (Å²) >= 11 is 0. The van der Waals surface area contributed by atoms with Crippen LogP contribution in [0.3, 0.4) is 0 Å². The lowest BCUT2D eigenvalue weighted by Gasteiger charge is -2.37. The molecule has 3 rings (SSSR count). The fourth-order valence-corrected chi connectivity index (χ4v) is 3.26. The summed E-state index contributed by atoms with van der Waals surface area (Å²) in [5.41, 5.74) is 8.37. The first-order chi connectivity index (χ1) is 10.1. The van der Waals surface area contributed by atoms with E-state index in [1.165, 1.54) is 0 Å². The molecule has 2 fully saturated rings. The zero-order valence-corrected chi connectivity index (χ0v) is 12.3. The molecule has 2 aliphatic heterocycles. The third-order valence-electron chi connectivity index (χ3n) is 4.38. The first kappa shape index (κ1) is 14.1.